The summed E-state index contributed by atoms with van der Waals surface area (Å²) in [7, 11) is 0. The first kappa shape index (κ1) is 23.4. The molecule has 176 valence electrons. The second-order valence-electron chi connectivity index (χ2n) is 8.08. The molecule has 36 heavy (non-hydrogen) atoms. The molecule has 1 saturated heterocycles. The minimum atomic E-state index is -0.825. The number of carbonyl (C=O) groups excluding carboxylic acids is 2. The van der Waals surface area contributed by atoms with Gasteiger partial charge in [0.1, 0.15) is 22.7 Å². The van der Waals surface area contributed by atoms with Crippen LogP contribution in [0.3, 0.4) is 0 Å². The van der Waals surface area contributed by atoms with E-state index in [9.17, 15) is 23.6 Å². The summed E-state index contributed by atoms with van der Waals surface area (Å²) in [6.07, 6.45) is -0.0989. The first-order chi connectivity index (χ1) is 17.4. The first-order valence-corrected chi connectivity index (χ1v) is 11.9. The van der Waals surface area contributed by atoms with Crippen LogP contribution in [0.4, 0.5) is 14.5 Å². The van der Waals surface area contributed by atoms with Gasteiger partial charge >= 0.3 is 0 Å². The average molecular weight is 498 g/mol. The van der Waals surface area contributed by atoms with Crippen molar-refractivity contribution in [3.05, 3.63) is 102 Å². The fourth-order valence-corrected chi connectivity index (χ4v) is 5.17. The van der Waals surface area contributed by atoms with Gasteiger partial charge in [-0.1, -0.05) is 54.2 Å². The van der Waals surface area contributed by atoms with Crippen LogP contribution in [-0.4, -0.2) is 22.0 Å². The van der Waals surface area contributed by atoms with Crippen LogP contribution in [0.1, 0.15) is 12.0 Å². The van der Waals surface area contributed by atoms with Crippen LogP contribution >= 0.6 is 11.8 Å². The number of hydrogen-bond acceptors (Lipinski definition) is 5. The van der Waals surface area contributed by atoms with Gasteiger partial charge in [-0.25, -0.2) is 18.7 Å². The molecule has 2 heterocycles. The molecule has 3 aromatic carbocycles. The van der Waals surface area contributed by atoms with Crippen molar-refractivity contribution >= 4 is 29.3 Å². The van der Waals surface area contributed by atoms with E-state index >= 15 is 0 Å². The lowest BCUT2D eigenvalue weighted by Crippen LogP contribution is -2.31. The topological polar surface area (TPSA) is 74.1 Å². The van der Waals surface area contributed by atoms with E-state index in [1.54, 1.807) is 18.2 Å². The van der Waals surface area contributed by atoms with Crippen LogP contribution in [0.5, 0.6) is 0 Å². The molecule has 1 aromatic heterocycles. The van der Waals surface area contributed by atoms with E-state index in [0.29, 0.717) is 16.8 Å². The van der Waals surface area contributed by atoms with Gasteiger partial charge in [0.2, 0.25) is 11.8 Å². The highest BCUT2D eigenvalue weighted by Gasteiger charge is 2.41. The Morgan fingerprint density at radius 1 is 0.889 bits per heavy atom. The van der Waals surface area contributed by atoms with Crippen molar-refractivity contribution in [3.63, 3.8) is 0 Å². The quantitative estimate of drug-likeness (QED) is 0.317. The molecule has 5 rings (SSSR count). The number of pyridine rings is 1. The van der Waals surface area contributed by atoms with Crippen LogP contribution < -0.4 is 4.90 Å². The first-order valence-electron chi connectivity index (χ1n) is 11.0. The molecule has 1 aliphatic heterocycles. The maximum atomic E-state index is 14.0. The molecule has 2 amide bonds. The van der Waals surface area contributed by atoms with Crippen LogP contribution in [0.2, 0.25) is 0 Å². The molecular formula is C28H17F2N3O2S. The molecule has 5 nitrogen and oxygen atoms in total. The van der Waals surface area contributed by atoms with Gasteiger partial charge in [-0.2, -0.15) is 5.26 Å². The number of halogens is 2. The Morgan fingerprint density at radius 3 is 2.31 bits per heavy atom. The number of hydrogen-bond donors (Lipinski definition) is 0. The number of anilines is 1. The zero-order chi connectivity index (χ0) is 25.2. The molecule has 1 fully saturated rings. The maximum absolute atomic E-state index is 14.0. The van der Waals surface area contributed by atoms with Gasteiger partial charge in [0, 0.05) is 17.5 Å². The molecule has 1 atom stereocenters. The van der Waals surface area contributed by atoms with E-state index in [-0.39, 0.29) is 22.7 Å². The van der Waals surface area contributed by atoms with Gasteiger partial charge in [0.15, 0.2) is 0 Å². The summed E-state index contributed by atoms with van der Waals surface area (Å²) in [5.41, 5.74) is 2.76. The van der Waals surface area contributed by atoms with E-state index in [1.807, 2.05) is 30.3 Å². The molecule has 1 aliphatic rings. The maximum Gasteiger partial charge on any atom is 0.247 e. The van der Waals surface area contributed by atoms with Crippen LogP contribution in [0.25, 0.3) is 22.4 Å². The van der Waals surface area contributed by atoms with E-state index < -0.39 is 28.7 Å². The van der Waals surface area contributed by atoms with Gasteiger partial charge in [-0.3, -0.25) is 9.59 Å². The summed E-state index contributed by atoms with van der Waals surface area (Å²) in [6.45, 7) is 0. The number of rotatable bonds is 5. The Balaban J connectivity index is 1.58. The Morgan fingerprint density at radius 2 is 1.61 bits per heavy atom. The summed E-state index contributed by atoms with van der Waals surface area (Å²) in [6, 6.07) is 24.2. The van der Waals surface area contributed by atoms with Crippen molar-refractivity contribution in [2.75, 3.05) is 4.90 Å². The lowest BCUT2D eigenvalue weighted by atomic mass is 9.99. The zero-order valence-corrected chi connectivity index (χ0v) is 19.5. The number of imide groups is 1. The summed E-state index contributed by atoms with van der Waals surface area (Å²) < 4.78 is 27.4. The third kappa shape index (κ3) is 4.49. The van der Waals surface area contributed by atoms with Crippen LogP contribution in [0, 0.1) is 23.0 Å². The smallest absolute Gasteiger partial charge is 0.247 e. The van der Waals surface area contributed by atoms with Crippen molar-refractivity contribution in [2.45, 2.75) is 16.7 Å². The van der Waals surface area contributed by atoms with E-state index in [0.717, 1.165) is 22.2 Å². The van der Waals surface area contributed by atoms with E-state index in [1.165, 1.54) is 36.4 Å². The molecule has 0 spiro atoms. The molecule has 0 N–H and O–H groups in total. The summed E-state index contributed by atoms with van der Waals surface area (Å²) in [5, 5.41) is 9.49. The number of amides is 2. The standard InChI is InChI=1S/C28H17F2N3O2S/c29-19-9-11-21(12-10-19)33-26(34)15-25(28(33)35)36-27-23(16-31)22(18-7-4-8-20(30)13-18)14-24(32-27)17-5-2-1-3-6-17/h1-14,25H,15H2/t25-/m0/s1. The highest BCUT2D eigenvalue weighted by atomic mass is 32.2. The van der Waals surface area contributed by atoms with Gasteiger partial charge in [-0.05, 0) is 48.0 Å². The van der Waals surface area contributed by atoms with Crippen molar-refractivity contribution in [2.24, 2.45) is 0 Å². The molecule has 0 bridgehead atoms. The van der Waals surface area contributed by atoms with Gasteiger partial charge < -0.3 is 0 Å². The third-order valence-corrected chi connectivity index (χ3v) is 6.92. The molecule has 0 saturated carbocycles. The SMILES string of the molecule is N#Cc1c(-c2cccc(F)c2)cc(-c2ccccc2)nc1S[C@H]1CC(=O)N(c2ccc(F)cc2)C1=O. The van der Waals surface area contributed by atoms with Crippen LogP contribution in [-0.2, 0) is 9.59 Å². The highest BCUT2D eigenvalue weighted by molar-refractivity contribution is 8.00. The Labute approximate surface area is 210 Å². The monoisotopic (exact) mass is 497 g/mol. The number of aromatic nitrogens is 1. The van der Waals surface area contributed by atoms with E-state index in [4.69, 9.17) is 0 Å². The highest BCUT2D eigenvalue weighted by Crippen LogP contribution is 2.39. The predicted molar refractivity (Wildman–Crippen MR) is 133 cm³/mol. The van der Waals surface area contributed by atoms with Crippen molar-refractivity contribution in [3.8, 4) is 28.5 Å². The zero-order valence-electron chi connectivity index (χ0n) is 18.7. The second kappa shape index (κ2) is 9.72. The fraction of sp³-hybridized carbons (Fsp3) is 0.0714. The number of nitriles is 1. The Bertz CT molecular complexity index is 1520. The summed E-state index contributed by atoms with van der Waals surface area (Å²) in [5.74, 6) is -1.82. The average Bonchev–Trinajstić information content (AvgIpc) is 3.17. The largest absolute Gasteiger partial charge is 0.274 e. The summed E-state index contributed by atoms with van der Waals surface area (Å²) >= 11 is 1.02. The van der Waals surface area contributed by atoms with Crippen molar-refractivity contribution in [1.29, 1.82) is 5.26 Å². The third-order valence-electron chi connectivity index (χ3n) is 5.75. The van der Waals surface area contributed by atoms with Crippen molar-refractivity contribution in [1.82, 2.24) is 4.98 Å². The number of benzene rings is 3. The normalized spacial score (nSPS) is 15.2. The van der Waals surface area contributed by atoms with Crippen LogP contribution in [0.15, 0.2) is 90.0 Å². The van der Waals surface area contributed by atoms with Gasteiger partial charge in [0.25, 0.3) is 0 Å². The molecule has 8 heteroatoms. The molecule has 0 unspecified atom stereocenters. The lowest BCUT2D eigenvalue weighted by Gasteiger charge is -2.16. The molecule has 0 aliphatic carbocycles. The number of nitrogens with zero attached hydrogens (tertiary/aromatic N) is 3. The lowest BCUT2D eigenvalue weighted by molar-refractivity contribution is -0.121. The predicted octanol–water partition coefficient (Wildman–Crippen LogP) is 5.99. The fourth-order valence-electron chi connectivity index (χ4n) is 4.05. The molecular weight excluding hydrogens is 480 g/mol. The number of thioether (sulfide) groups is 1. The number of carbonyl (C=O) groups is 2. The van der Waals surface area contributed by atoms with E-state index in [2.05, 4.69) is 11.1 Å². The minimum absolute atomic E-state index is 0.0989. The Hall–Kier alpha value is -4.35. The molecule has 0 radical (unpaired) electrons. The summed E-state index contributed by atoms with van der Waals surface area (Å²) in [4.78, 5) is 31.6. The molecule has 4 aromatic rings. The van der Waals surface area contributed by atoms with Gasteiger partial charge in [0.05, 0.1) is 22.2 Å². The Kier molecular flexibility index (Phi) is 6.32. The second-order valence-corrected chi connectivity index (χ2v) is 9.27. The van der Waals surface area contributed by atoms with Gasteiger partial charge in [-0.15, -0.1) is 0 Å². The van der Waals surface area contributed by atoms with Crippen molar-refractivity contribution < 1.29 is 18.4 Å². The minimum Gasteiger partial charge on any atom is -0.274 e.